The third-order valence-electron chi connectivity index (χ3n) is 2.84. The van der Waals surface area contributed by atoms with Crippen molar-refractivity contribution in [2.45, 2.75) is 19.3 Å². The third-order valence-corrected chi connectivity index (χ3v) is 3.88. The van der Waals surface area contributed by atoms with E-state index in [-0.39, 0.29) is 5.91 Å². The molecule has 0 saturated heterocycles. The number of benzene rings is 1. The average molecular weight is 305 g/mol. The summed E-state index contributed by atoms with van der Waals surface area (Å²) in [5, 5.41) is 3.89. The van der Waals surface area contributed by atoms with Crippen LogP contribution < -0.4 is 5.32 Å². The van der Waals surface area contributed by atoms with Crippen molar-refractivity contribution >= 4 is 46.4 Å². The number of amides is 1. The Morgan fingerprint density at radius 1 is 1.22 bits per heavy atom. The lowest BCUT2D eigenvalue weighted by Crippen LogP contribution is -2.15. The minimum Gasteiger partial charge on any atom is -0.325 e. The Morgan fingerprint density at radius 2 is 1.94 bits per heavy atom. The second-order valence-electron chi connectivity index (χ2n) is 4.26. The molecule has 1 unspecified atom stereocenters. The Labute approximate surface area is 121 Å². The molecule has 1 N–H and O–H groups in total. The summed E-state index contributed by atoms with van der Waals surface area (Å²) in [6.07, 6.45) is 6.72. The minimum atomic E-state index is -0.0631. The fourth-order valence-corrected chi connectivity index (χ4v) is 2.52. The largest absolute Gasteiger partial charge is 0.325 e. The van der Waals surface area contributed by atoms with Crippen molar-refractivity contribution in [2.24, 2.45) is 5.92 Å². The Morgan fingerprint density at radius 3 is 2.61 bits per heavy atom. The number of hydrogen-bond donors (Lipinski definition) is 1. The van der Waals surface area contributed by atoms with Gasteiger partial charge in [0.2, 0.25) is 5.91 Å². The summed E-state index contributed by atoms with van der Waals surface area (Å²) in [6.45, 7) is 0. The summed E-state index contributed by atoms with van der Waals surface area (Å²) in [6, 6.07) is 3.09. The summed E-state index contributed by atoms with van der Waals surface area (Å²) in [5.74, 6) is 0.262. The molecule has 0 saturated carbocycles. The van der Waals surface area contributed by atoms with Crippen LogP contribution in [0.2, 0.25) is 15.1 Å². The van der Waals surface area contributed by atoms with Crippen molar-refractivity contribution in [2.75, 3.05) is 5.32 Å². The molecule has 0 heterocycles. The standard InChI is InChI=1S/C13H12Cl3NO/c14-9-6-11(16)12(7-10(9)15)17-13(18)5-8-3-1-2-4-8/h1,3,6-8H,2,4-5H2,(H,17,18). The Balaban J connectivity index is 2.02. The highest BCUT2D eigenvalue weighted by molar-refractivity contribution is 6.44. The van der Waals surface area contributed by atoms with E-state index in [1.807, 2.05) is 0 Å². The van der Waals surface area contributed by atoms with Crippen molar-refractivity contribution in [1.82, 2.24) is 0 Å². The Hall–Kier alpha value is -0.700. The van der Waals surface area contributed by atoms with E-state index in [1.54, 1.807) is 6.07 Å². The molecule has 1 amide bonds. The third kappa shape index (κ3) is 3.41. The highest BCUT2D eigenvalue weighted by Crippen LogP contribution is 2.32. The van der Waals surface area contributed by atoms with Crippen molar-refractivity contribution in [1.29, 1.82) is 0 Å². The molecule has 2 rings (SSSR count). The molecular weight excluding hydrogens is 293 g/mol. The number of nitrogens with one attached hydrogen (secondary N) is 1. The summed E-state index contributed by atoms with van der Waals surface area (Å²) >= 11 is 17.7. The normalized spacial score (nSPS) is 18.1. The van der Waals surface area contributed by atoms with Gasteiger partial charge in [0.1, 0.15) is 0 Å². The van der Waals surface area contributed by atoms with Gasteiger partial charge in [0.25, 0.3) is 0 Å². The van der Waals surface area contributed by atoms with E-state index in [0.717, 1.165) is 12.8 Å². The first-order chi connectivity index (χ1) is 8.56. The van der Waals surface area contributed by atoms with Crippen LogP contribution in [-0.2, 0) is 4.79 Å². The van der Waals surface area contributed by atoms with Crippen LogP contribution in [0.5, 0.6) is 0 Å². The molecule has 5 heteroatoms. The molecule has 0 spiro atoms. The van der Waals surface area contributed by atoms with Gasteiger partial charge in [0.05, 0.1) is 20.8 Å². The zero-order valence-electron chi connectivity index (χ0n) is 9.55. The molecule has 2 nitrogen and oxygen atoms in total. The minimum absolute atomic E-state index is 0.0631. The smallest absolute Gasteiger partial charge is 0.225 e. The van der Waals surface area contributed by atoms with Crippen LogP contribution in [0.3, 0.4) is 0 Å². The fourth-order valence-electron chi connectivity index (χ4n) is 1.92. The predicted octanol–water partition coefficient (Wildman–Crippen LogP) is 4.94. The number of allylic oxidation sites excluding steroid dienone is 2. The monoisotopic (exact) mass is 303 g/mol. The molecule has 1 aromatic rings. The van der Waals surface area contributed by atoms with Crippen LogP contribution in [0.15, 0.2) is 24.3 Å². The Bertz CT molecular complexity index is 499. The second-order valence-corrected chi connectivity index (χ2v) is 5.49. The maximum absolute atomic E-state index is 11.8. The van der Waals surface area contributed by atoms with Gasteiger partial charge in [-0.3, -0.25) is 4.79 Å². The lowest BCUT2D eigenvalue weighted by Gasteiger charge is -2.11. The van der Waals surface area contributed by atoms with Gasteiger partial charge in [-0.25, -0.2) is 0 Å². The summed E-state index contributed by atoms with van der Waals surface area (Å²) in [7, 11) is 0. The van der Waals surface area contributed by atoms with Gasteiger partial charge in [-0.05, 0) is 30.9 Å². The van der Waals surface area contributed by atoms with Gasteiger partial charge in [-0.15, -0.1) is 0 Å². The van der Waals surface area contributed by atoms with Crippen molar-refractivity contribution in [3.05, 3.63) is 39.4 Å². The summed E-state index contributed by atoms with van der Waals surface area (Å²) in [4.78, 5) is 11.8. The van der Waals surface area contributed by atoms with Crippen LogP contribution in [0.1, 0.15) is 19.3 Å². The van der Waals surface area contributed by atoms with Crippen LogP contribution in [0, 0.1) is 5.92 Å². The lowest BCUT2D eigenvalue weighted by atomic mass is 10.1. The molecule has 0 aromatic heterocycles. The molecule has 0 radical (unpaired) electrons. The van der Waals surface area contributed by atoms with Crippen molar-refractivity contribution in [3.8, 4) is 0 Å². The van der Waals surface area contributed by atoms with E-state index in [2.05, 4.69) is 17.5 Å². The molecule has 1 atom stereocenters. The van der Waals surface area contributed by atoms with E-state index < -0.39 is 0 Å². The number of carbonyl (C=O) groups excluding carboxylic acids is 1. The van der Waals surface area contributed by atoms with Gasteiger partial charge in [-0.2, -0.15) is 0 Å². The van der Waals surface area contributed by atoms with Gasteiger partial charge >= 0.3 is 0 Å². The maximum atomic E-state index is 11.8. The summed E-state index contributed by atoms with van der Waals surface area (Å²) in [5.41, 5.74) is 0.498. The first kappa shape index (κ1) is 13.7. The zero-order chi connectivity index (χ0) is 13.1. The number of rotatable bonds is 3. The van der Waals surface area contributed by atoms with Gasteiger partial charge in [0.15, 0.2) is 0 Å². The zero-order valence-corrected chi connectivity index (χ0v) is 11.8. The first-order valence-electron chi connectivity index (χ1n) is 5.67. The van der Waals surface area contributed by atoms with Gasteiger partial charge in [0, 0.05) is 6.42 Å². The second kappa shape index (κ2) is 5.96. The van der Waals surface area contributed by atoms with E-state index in [4.69, 9.17) is 34.8 Å². The molecule has 96 valence electrons. The van der Waals surface area contributed by atoms with Gasteiger partial charge < -0.3 is 5.32 Å². The SMILES string of the molecule is O=C(CC1C=CCC1)Nc1cc(Cl)c(Cl)cc1Cl. The number of hydrogen-bond acceptors (Lipinski definition) is 1. The van der Waals surface area contributed by atoms with Crippen LogP contribution >= 0.6 is 34.8 Å². The predicted molar refractivity (Wildman–Crippen MR) is 76.6 cm³/mol. The topological polar surface area (TPSA) is 29.1 Å². The molecular formula is C13H12Cl3NO. The highest BCUT2D eigenvalue weighted by atomic mass is 35.5. The number of carbonyl (C=O) groups is 1. The van der Waals surface area contributed by atoms with E-state index in [9.17, 15) is 4.79 Å². The number of anilines is 1. The first-order valence-corrected chi connectivity index (χ1v) is 6.80. The molecule has 18 heavy (non-hydrogen) atoms. The van der Waals surface area contributed by atoms with Crippen LogP contribution in [0.4, 0.5) is 5.69 Å². The molecule has 1 aliphatic carbocycles. The average Bonchev–Trinajstić information content (AvgIpc) is 2.78. The van der Waals surface area contributed by atoms with E-state index in [1.165, 1.54) is 6.07 Å². The molecule has 1 aliphatic rings. The van der Waals surface area contributed by atoms with Crippen molar-refractivity contribution < 1.29 is 4.79 Å². The quantitative estimate of drug-likeness (QED) is 0.622. The van der Waals surface area contributed by atoms with Gasteiger partial charge in [-0.1, -0.05) is 47.0 Å². The fraction of sp³-hybridized carbons (Fsp3) is 0.308. The van der Waals surface area contributed by atoms with Crippen LogP contribution in [0.25, 0.3) is 0 Å². The maximum Gasteiger partial charge on any atom is 0.225 e. The molecule has 0 bridgehead atoms. The molecule has 0 fully saturated rings. The molecule has 1 aromatic carbocycles. The van der Waals surface area contributed by atoms with Crippen LogP contribution in [-0.4, -0.2) is 5.91 Å². The van der Waals surface area contributed by atoms with E-state index >= 15 is 0 Å². The lowest BCUT2D eigenvalue weighted by molar-refractivity contribution is -0.116. The van der Waals surface area contributed by atoms with E-state index in [0.29, 0.717) is 33.1 Å². The molecule has 0 aliphatic heterocycles. The highest BCUT2D eigenvalue weighted by Gasteiger charge is 2.15. The summed E-state index contributed by atoms with van der Waals surface area (Å²) < 4.78 is 0. The Kier molecular flexibility index (Phi) is 4.55. The number of halogens is 3. The van der Waals surface area contributed by atoms with Crippen molar-refractivity contribution in [3.63, 3.8) is 0 Å².